The SMILES string of the molecule is CN=C(N)Nc1nc(CCCCN=C(NC#N)SC)cs1. The van der Waals surface area contributed by atoms with Crippen LogP contribution in [0.2, 0.25) is 0 Å². The number of hydrogen-bond donors (Lipinski definition) is 3. The topological polar surface area (TPSA) is 111 Å². The molecule has 0 amide bonds. The highest BCUT2D eigenvalue weighted by Gasteiger charge is 2.02. The van der Waals surface area contributed by atoms with Gasteiger partial charge in [-0.05, 0) is 25.5 Å². The fourth-order valence-corrected chi connectivity index (χ4v) is 2.57. The van der Waals surface area contributed by atoms with E-state index in [4.69, 9.17) is 11.0 Å². The lowest BCUT2D eigenvalue weighted by Gasteiger charge is -2.00. The molecule has 1 heterocycles. The zero-order valence-corrected chi connectivity index (χ0v) is 13.7. The van der Waals surface area contributed by atoms with Crippen LogP contribution in [0, 0.1) is 11.5 Å². The molecule has 0 saturated heterocycles. The highest BCUT2D eigenvalue weighted by atomic mass is 32.2. The van der Waals surface area contributed by atoms with Gasteiger partial charge >= 0.3 is 0 Å². The summed E-state index contributed by atoms with van der Waals surface area (Å²) in [5.41, 5.74) is 6.62. The van der Waals surface area contributed by atoms with Crippen molar-refractivity contribution in [1.82, 2.24) is 10.3 Å². The van der Waals surface area contributed by atoms with Crippen molar-refractivity contribution in [3.63, 3.8) is 0 Å². The molecule has 1 aromatic heterocycles. The van der Waals surface area contributed by atoms with Crippen LogP contribution in [0.5, 0.6) is 0 Å². The van der Waals surface area contributed by atoms with E-state index in [1.54, 1.807) is 7.05 Å². The van der Waals surface area contributed by atoms with Crippen molar-refractivity contribution in [2.45, 2.75) is 19.3 Å². The van der Waals surface area contributed by atoms with Crippen LogP contribution in [0.1, 0.15) is 18.5 Å². The number of nitriles is 1. The van der Waals surface area contributed by atoms with Crippen LogP contribution in [-0.2, 0) is 6.42 Å². The first-order valence-corrected chi connectivity index (χ1v) is 8.47. The second kappa shape index (κ2) is 10.0. The third kappa shape index (κ3) is 6.97. The maximum atomic E-state index is 8.52. The third-order valence-electron chi connectivity index (χ3n) is 2.48. The Morgan fingerprint density at radius 1 is 1.57 bits per heavy atom. The van der Waals surface area contributed by atoms with E-state index in [2.05, 4.69) is 25.6 Å². The number of nitrogens with two attached hydrogens (primary N) is 1. The molecule has 21 heavy (non-hydrogen) atoms. The summed E-state index contributed by atoms with van der Waals surface area (Å²) in [7, 11) is 1.63. The van der Waals surface area contributed by atoms with Gasteiger partial charge in [-0.15, -0.1) is 11.3 Å². The molecule has 1 rings (SSSR count). The quantitative estimate of drug-likeness (QED) is 0.241. The van der Waals surface area contributed by atoms with Gasteiger partial charge < -0.3 is 11.1 Å². The van der Waals surface area contributed by atoms with Crippen molar-refractivity contribution in [2.24, 2.45) is 15.7 Å². The molecular weight excluding hydrogens is 306 g/mol. The van der Waals surface area contributed by atoms with Crippen LogP contribution < -0.4 is 16.4 Å². The van der Waals surface area contributed by atoms with Crippen LogP contribution in [0.15, 0.2) is 15.4 Å². The fraction of sp³-hybridized carbons (Fsp3) is 0.500. The number of amidine groups is 1. The maximum absolute atomic E-state index is 8.52. The van der Waals surface area contributed by atoms with Gasteiger partial charge in [-0.25, -0.2) is 4.98 Å². The zero-order chi connectivity index (χ0) is 15.5. The normalized spacial score (nSPS) is 12.0. The summed E-state index contributed by atoms with van der Waals surface area (Å²) in [6, 6.07) is 0. The highest BCUT2D eigenvalue weighted by Crippen LogP contribution is 2.16. The molecular formula is C12H19N7S2. The lowest BCUT2D eigenvalue weighted by Crippen LogP contribution is -2.21. The minimum Gasteiger partial charge on any atom is -0.370 e. The Balaban J connectivity index is 2.29. The standard InChI is InChI=1S/C12H19N7S2/c1-15-10(14)19-12-18-9(7-21-12)5-3-4-6-16-11(20-2)17-8-13/h7H,3-6H2,1-2H3,(H,16,17)(H3,14,15,18,19). The van der Waals surface area contributed by atoms with Crippen LogP contribution in [0.3, 0.4) is 0 Å². The van der Waals surface area contributed by atoms with Crippen molar-refractivity contribution < 1.29 is 0 Å². The first kappa shape index (κ1) is 17.3. The molecule has 0 fully saturated rings. The van der Waals surface area contributed by atoms with Crippen LogP contribution in [0.4, 0.5) is 5.13 Å². The molecule has 0 bridgehead atoms. The Bertz CT molecular complexity index is 530. The molecule has 0 aliphatic carbocycles. The number of nitrogens with zero attached hydrogens (tertiary/aromatic N) is 4. The number of anilines is 1. The number of thiazole rings is 1. The average Bonchev–Trinajstić information content (AvgIpc) is 2.93. The molecule has 0 radical (unpaired) electrons. The Kier molecular flexibility index (Phi) is 8.23. The summed E-state index contributed by atoms with van der Waals surface area (Å²) < 4.78 is 0. The van der Waals surface area contributed by atoms with E-state index in [-0.39, 0.29) is 0 Å². The first-order valence-electron chi connectivity index (χ1n) is 6.36. The molecule has 4 N–H and O–H groups in total. The Hall–Kier alpha value is -1.79. The average molecular weight is 325 g/mol. The molecule has 1 aromatic rings. The summed E-state index contributed by atoms with van der Waals surface area (Å²) in [6.07, 6.45) is 6.61. The van der Waals surface area contributed by atoms with Gasteiger partial charge in [0.05, 0.1) is 5.69 Å². The molecule has 0 saturated carbocycles. The van der Waals surface area contributed by atoms with E-state index in [1.165, 1.54) is 23.1 Å². The van der Waals surface area contributed by atoms with Gasteiger partial charge in [0.25, 0.3) is 0 Å². The lowest BCUT2D eigenvalue weighted by atomic mass is 10.2. The minimum absolute atomic E-state index is 0.361. The van der Waals surface area contributed by atoms with Gasteiger partial charge in [0.15, 0.2) is 22.5 Å². The number of thioether (sulfide) groups is 1. The van der Waals surface area contributed by atoms with Gasteiger partial charge in [-0.3, -0.25) is 15.3 Å². The van der Waals surface area contributed by atoms with Crippen LogP contribution in [-0.4, -0.2) is 36.0 Å². The van der Waals surface area contributed by atoms with E-state index >= 15 is 0 Å². The van der Waals surface area contributed by atoms with Crippen LogP contribution in [0.25, 0.3) is 0 Å². The summed E-state index contributed by atoms with van der Waals surface area (Å²) in [6.45, 7) is 0.704. The predicted molar refractivity (Wildman–Crippen MR) is 90.8 cm³/mol. The molecule has 0 atom stereocenters. The smallest absolute Gasteiger partial charge is 0.194 e. The largest absolute Gasteiger partial charge is 0.370 e. The second-order valence-corrected chi connectivity index (χ2v) is 5.62. The van der Waals surface area contributed by atoms with Crippen molar-refractivity contribution in [1.29, 1.82) is 5.26 Å². The number of unbranched alkanes of at least 4 members (excludes halogenated alkanes) is 1. The van der Waals surface area contributed by atoms with Gasteiger partial charge in [0, 0.05) is 19.0 Å². The van der Waals surface area contributed by atoms with E-state index in [9.17, 15) is 0 Å². The number of aryl methyl sites for hydroxylation is 1. The molecule has 114 valence electrons. The summed E-state index contributed by atoms with van der Waals surface area (Å²) >= 11 is 2.95. The predicted octanol–water partition coefficient (Wildman–Crippen LogP) is 1.61. The molecule has 0 aliphatic rings. The van der Waals surface area contributed by atoms with Crippen molar-refractivity contribution >= 4 is 39.4 Å². The monoisotopic (exact) mass is 325 g/mol. The third-order valence-corrected chi connectivity index (χ3v) is 3.90. The molecule has 0 aromatic carbocycles. The number of guanidine groups is 1. The van der Waals surface area contributed by atoms with E-state index < -0.39 is 0 Å². The van der Waals surface area contributed by atoms with Gasteiger partial charge in [0.1, 0.15) is 0 Å². The first-order chi connectivity index (χ1) is 10.2. The highest BCUT2D eigenvalue weighted by molar-refractivity contribution is 8.13. The Morgan fingerprint density at radius 2 is 2.38 bits per heavy atom. The van der Waals surface area contributed by atoms with E-state index in [0.29, 0.717) is 17.7 Å². The fourth-order valence-electron chi connectivity index (χ4n) is 1.45. The lowest BCUT2D eigenvalue weighted by molar-refractivity contribution is 0.736. The number of hydrogen-bond acceptors (Lipinski definition) is 6. The van der Waals surface area contributed by atoms with Crippen molar-refractivity contribution in [3.05, 3.63) is 11.1 Å². The molecule has 0 spiro atoms. The number of aliphatic imine (C=N–C) groups is 2. The Morgan fingerprint density at radius 3 is 3.05 bits per heavy atom. The Labute approximate surface area is 132 Å². The molecule has 9 heteroatoms. The maximum Gasteiger partial charge on any atom is 0.194 e. The van der Waals surface area contributed by atoms with Crippen molar-refractivity contribution in [3.8, 4) is 6.19 Å². The van der Waals surface area contributed by atoms with Gasteiger partial charge in [-0.1, -0.05) is 11.8 Å². The van der Waals surface area contributed by atoms with Crippen molar-refractivity contribution in [2.75, 3.05) is 25.2 Å². The van der Waals surface area contributed by atoms with Gasteiger partial charge in [0.2, 0.25) is 0 Å². The number of nitrogens with one attached hydrogen (secondary N) is 2. The minimum atomic E-state index is 0.361. The second-order valence-electron chi connectivity index (χ2n) is 3.96. The van der Waals surface area contributed by atoms with E-state index in [0.717, 1.165) is 30.1 Å². The van der Waals surface area contributed by atoms with E-state index in [1.807, 2.05) is 17.8 Å². The summed E-state index contributed by atoms with van der Waals surface area (Å²) in [5.74, 6) is 0.361. The summed E-state index contributed by atoms with van der Waals surface area (Å²) in [4.78, 5) is 12.6. The number of rotatable bonds is 6. The zero-order valence-electron chi connectivity index (χ0n) is 12.1. The molecule has 0 aliphatic heterocycles. The van der Waals surface area contributed by atoms with Crippen LogP contribution >= 0.6 is 23.1 Å². The van der Waals surface area contributed by atoms with Gasteiger partial charge in [-0.2, -0.15) is 5.26 Å². The number of aromatic nitrogens is 1. The summed E-state index contributed by atoms with van der Waals surface area (Å²) in [5, 5.41) is 17.4. The molecule has 7 nitrogen and oxygen atoms in total. The molecule has 0 unspecified atom stereocenters.